The molecule has 7 aromatic carbocycles. The molecule has 0 unspecified atom stereocenters. The Morgan fingerprint density at radius 1 is 0.316 bits per heavy atom. The summed E-state index contributed by atoms with van der Waals surface area (Å²) in [4.78, 5) is 15.0. The summed E-state index contributed by atoms with van der Waals surface area (Å²) in [5, 5.41) is 0. The van der Waals surface area contributed by atoms with Gasteiger partial charge in [-0.2, -0.15) is 0 Å². The first-order valence-corrected chi connectivity index (χ1v) is 26.6. The third kappa shape index (κ3) is 10.5. The summed E-state index contributed by atoms with van der Waals surface area (Å²) in [5.41, 5.74) is 17.9. The van der Waals surface area contributed by atoms with Crippen molar-refractivity contribution in [3.63, 3.8) is 0 Å². The summed E-state index contributed by atoms with van der Waals surface area (Å²) in [5.74, 6) is 0. The van der Waals surface area contributed by atoms with Crippen molar-refractivity contribution in [2.45, 2.75) is 77.8 Å². The molecule has 0 spiro atoms. The Bertz CT molecular complexity index is 3610. The zero-order valence-corrected chi connectivity index (χ0v) is 48.0. The first-order chi connectivity index (χ1) is 37.6. The molecule has 79 heavy (non-hydrogen) atoms. The number of hydrogen-bond acceptors (Lipinski definition) is 7. The van der Waals surface area contributed by atoms with Crippen LogP contribution in [0.25, 0.3) is 101 Å². The summed E-state index contributed by atoms with van der Waals surface area (Å²) in [7, 11) is -0.965. The van der Waals surface area contributed by atoms with E-state index in [0.29, 0.717) is 0 Å². The minimum Gasteiger partial charge on any atom is -0.400 e. The molecule has 0 N–H and O–H groups in total. The van der Waals surface area contributed by atoms with Crippen molar-refractivity contribution < 1.29 is 38.7 Å². The van der Waals surface area contributed by atoms with Crippen molar-refractivity contribution >= 4 is 25.2 Å². The Balaban J connectivity index is 0.00000660. The van der Waals surface area contributed by atoms with Crippen LogP contribution in [0.2, 0.25) is 0 Å². The second-order valence-electron chi connectivity index (χ2n) is 22.3. The third-order valence-corrected chi connectivity index (χ3v) is 16.1. The van der Waals surface area contributed by atoms with E-state index in [1.54, 1.807) is 0 Å². The quantitative estimate of drug-likeness (QED) is 0.0943. The van der Waals surface area contributed by atoms with Crippen LogP contribution < -0.4 is 10.9 Å². The number of aromatic nitrogens is 3. The number of hydrogen-bond donors (Lipinski definition) is 0. The van der Waals surface area contributed by atoms with Crippen molar-refractivity contribution in [3.8, 4) is 101 Å². The van der Waals surface area contributed by atoms with E-state index < -0.39 is 36.6 Å². The van der Waals surface area contributed by atoms with Crippen molar-refractivity contribution in [3.05, 3.63) is 225 Å². The van der Waals surface area contributed by atoms with Gasteiger partial charge >= 0.3 is 34.3 Å². The molecular formula is C69H58B2IrN3O4. The average Bonchev–Trinajstić information content (AvgIpc) is 3.90. The van der Waals surface area contributed by atoms with Gasteiger partial charge in [0.25, 0.3) is 0 Å². The zero-order chi connectivity index (χ0) is 53.8. The molecule has 2 saturated heterocycles. The molecular weight excluding hydrogens is 1150 g/mol. The van der Waals surface area contributed by atoms with Gasteiger partial charge in [0.05, 0.1) is 22.4 Å². The Kier molecular flexibility index (Phi) is 14.5. The maximum atomic E-state index is 6.40. The standard InChI is InChI=1S/C69H58B2N3O4.Ir/c1-66(2)67(3,4)76-70(75-66)55-24-18-22-47(41-55)64-36-33-50(44-73-64)58-27-13-16-30-61(58)53-38-52(60-29-15-12-26-57(60)49-32-35-63(72-43-49)46-20-10-9-11-21-46)39-54(40-53)62-31-17-14-28-59(62)51-34-37-65(74-45-51)48-23-19-25-56(42-48)71-77-68(5,6)69(7,8)78-71;/h9-20,24-45H,1-8H3;/q-3;+3. The Morgan fingerprint density at radius 2 is 0.620 bits per heavy atom. The van der Waals surface area contributed by atoms with Crippen LogP contribution in [0.15, 0.2) is 207 Å². The predicted octanol–water partition coefficient (Wildman–Crippen LogP) is 14.9. The van der Waals surface area contributed by atoms with Crippen LogP contribution in [0.1, 0.15) is 55.4 Å². The number of pyridine rings is 3. The molecule has 0 amide bonds. The summed E-state index contributed by atoms with van der Waals surface area (Å²) < 4.78 is 25.6. The molecule has 0 atom stereocenters. The second kappa shape index (κ2) is 21.3. The maximum absolute atomic E-state index is 6.40. The molecule has 388 valence electrons. The molecule has 5 heterocycles. The van der Waals surface area contributed by atoms with Crippen molar-refractivity contribution in [2.24, 2.45) is 0 Å². The van der Waals surface area contributed by atoms with Gasteiger partial charge in [-0.3, -0.25) is 0 Å². The average molecular weight is 1210 g/mol. The zero-order valence-electron chi connectivity index (χ0n) is 45.6. The molecule has 0 radical (unpaired) electrons. The van der Waals surface area contributed by atoms with E-state index in [0.717, 1.165) is 111 Å². The van der Waals surface area contributed by atoms with Gasteiger partial charge in [0.15, 0.2) is 0 Å². The van der Waals surface area contributed by atoms with E-state index in [9.17, 15) is 0 Å². The molecule has 0 saturated carbocycles. The van der Waals surface area contributed by atoms with Gasteiger partial charge in [-0.15, -0.1) is 106 Å². The number of rotatable bonds is 11. The van der Waals surface area contributed by atoms with Crippen molar-refractivity contribution in [1.82, 2.24) is 15.0 Å². The Labute approximate surface area is 479 Å². The topological polar surface area (TPSA) is 75.6 Å². The van der Waals surface area contributed by atoms with Crippen LogP contribution in [-0.2, 0) is 38.7 Å². The molecule has 2 aliphatic rings. The van der Waals surface area contributed by atoms with Crippen LogP contribution >= 0.6 is 0 Å². The van der Waals surface area contributed by atoms with Gasteiger partial charge in [-0.05, 0) is 157 Å². The van der Waals surface area contributed by atoms with Gasteiger partial charge in [0.2, 0.25) is 0 Å². The summed E-state index contributed by atoms with van der Waals surface area (Å²) in [6, 6.07) is 75.4. The van der Waals surface area contributed by atoms with E-state index in [4.69, 9.17) is 33.6 Å². The molecule has 10 aromatic rings. The van der Waals surface area contributed by atoms with Crippen LogP contribution in [0.5, 0.6) is 0 Å². The molecule has 2 fully saturated rings. The van der Waals surface area contributed by atoms with E-state index in [1.807, 2.05) is 67.1 Å². The first-order valence-electron chi connectivity index (χ1n) is 26.6. The smallest absolute Gasteiger partial charge is 0.400 e. The van der Waals surface area contributed by atoms with E-state index in [1.165, 1.54) is 0 Å². The molecule has 0 aliphatic carbocycles. The van der Waals surface area contributed by atoms with Gasteiger partial charge in [0, 0.05) is 18.6 Å². The van der Waals surface area contributed by atoms with Gasteiger partial charge < -0.3 is 33.6 Å². The normalized spacial score (nSPS) is 15.9. The van der Waals surface area contributed by atoms with Crippen molar-refractivity contribution in [2.75, 3.05) is 0 Å². The van der Waals surface area contributed by atoms with Gasteiger partial charge in [-0.25, -0.2) is 0 Å². The van der Waals surface area contributed by atoms with E-state index in [-0.39, 0.29) is 20.1 Å². The molecule has 2 aliphatic heterocycles. The van der Waals surface area contributed by atoms with E-state index >= 15 is 0 Å². The van der Waals surface area contributed by atoms with Crippen LogP contribution in [-0.4, -0.2) is 51.6 Å². The SMILES string of the molecule is CC1(C)OB(c2cc[c-]c(-c3ccc(-c4ccccc4-c4cc(-c5ccccc5-c5ccc(-c6[c-]cccc6)nc5)cc(-c5ccccc5-c5ccc(-c6[c-]ccc(B7OC(C)(C)C(C)(C)O7)c6)nc5)c4)cn3)c2)OC1(C)C.[Ir+3]. The first kappa shape index (κ1) is 53.6. The minimum absolute atomic E-state index is 0. The van der Waals surface area contributed by atoms with Crippen molar-refractivity contribution in [1.29, 1.82) is 0 Å². The predicted molar refractivity (Wildman–Crippen MR) is 317 cm³/mol. The second-order valence-corrected chi connectivity index (χ2v) is 22.3. The molecule has 12 rings (SSSR count). The fraction of sp³-hybridized carbons (Fsp3) is 0.174. The fourth-order valence-electron chi connectivity index (χ4n) is 10.3. The Morgan fingerprint density at radius 3 is 0.924 bits per heavy atom. The summed E-state index contributed by atoms with van der Waals surface area (Å²) >= 11 is 0. The fourth-order valence-corrected chi connectivity index (χ4v) is 10.3. The van der Waals surface area contributed by atoms with Gasteiger partial charge in [0.1, 0.15) is 0 Å². The van der Waals surface area contributed by atoms with E-state index in [2.05, 4.69) is 213 Å². The van der Waals surface area contributed by atoms with Crippen LogP contribution in [0.3, 0.4) is 0 Å². The molecule has 10 heteroatoms. The molecule has 3 aromatic heterocycles. The largest absolute Gasteiger partial charge is 3.00 e. The van der Waals surface area contributed by atoms with Gasteiger partial charge in [-0.1, -0.05) is 109 Å². The molecule has 0 bridgehead atoms. The van der Waals surface area contributed by atoms with Crippen LogP contribution in [0.4, 0.5) is 0 Å². The molecule has 7 nitrogen and oxygen atoms in total. The summed E-state index contributed by atoms with van der Waals surface area (Å²) in [6.07, 6.45) is 5.89. The summed E-state index contributed by atoms with van der Waals surface area (Å²) in [6.45, 7) is 16.6. The minimum atomic E-state index is -0.482. The number of benzene rings is 7. The van der Waals surface area contributed by atoms with Crippen LogP contribution in [0, 0.1) is 18.2 Å². The maximum Gasteiger partial charge on any atom is 3.00 e. The number of nitrogens with zero attached hydrogens (tertiary/aromatic N) is 3. The third-order valence-electron chi connectivity index (χ3n) is 16.1. The Hall–Kier alpha value is -7.39. The monoisotopic (exact) mass is 1210 g/mol.